The predicted molar refractivity (Wildman–Crippen MR) is 70.3 cm³/mol. The molecule has 1 aliphatic heterocycles. The van der Waals surface area contributed by atoms with Gasteiger partial charge in [-0.2, -0.15) is 5.10 Å². The van der Waals surface area contributed by atoms with Crippen LogP contribution in [0.2, 0.25) is 0 Å². The maximum absolute atomic E-state index is 11.9. The highest BCUT2D eigenvalue weighted by atomic mass is 16.2. The first-order chi connectivity index (χ1) is 8.59. The number of carbonyl (C=O) groups is 1. The number of nitrogens with one attached hydrogen (secondary N) is 1. The van der Waals surface area contributed by atoms with Crippen LogP contribution in [-0.4, -0.2) is 23.2 Å². The minimum atomic E-state index is -0.0990. The zero-order chi connectivity index (χ0) is 12.9. The lowest BCUT2D eigenvalue weighted by Crippen LogP contribution is -2.22. The lowest BCUT2D eigenvalue weighted by atomic mass is 9.98. The Bertz CT molecular complexity index is 632. The number of aromatic amines is 1. The molecule has 0 saturated heterocycles. The number of H-pyrrole nitrogens is 1. The van der Waals surface area contributed by atoms with Gasteiger partial charge < -0.3 is 10.6 Å². The fraction of sp³-hybridized carbons (Fsp3) is 0.231. The SMILES string of the molecule is CC1C(=O)N(C)c2ccc(-c3cn[nH]c3N)cc21. The lowest BCUT2D eigenvalue weighted by Gasteiger charge is -2.10. The molecule has 18 heavy (non-hydrogen) atoms. The first-order valence-corrected chi connectivity index (χ1v) is 5.80. The number of carbonyl (C=O) groups excluding carboxylic acids is 1. The van der Waals surface area contributed by atoms with E-state index in [0.29, 0.717) is 5.82 Å². The second kappa shape index (κ2) is 3.60. The quantitative estimate of drug-likeness (QED) is 0.799. The van der Waals surface area contributed by atoms with Gasteiger partial charge in [0.25, 0.3) is 0 Å². The molecule has 0 saturated carbocycles. The molecule has 2 heterocycles. The van der Waals surface area contributed by atoms with Crippen molar-refractivity contribution in [2.45, 2.75) is 12.8 Å². The summed E-state index contributed by atoms with van der Waals surface area (Å²) in [6.07, 6.45) is 1.70. The standard InChI is InChI=1S/C13H14N4O/c1-7-9-5-8(10-6-15-16-12(10)14)3-4-11(9)17(2)13(7)18/h3-7H,1-2H3,(H3,14,15,16). The molecule has 1 unspecified atom stereocenters. The molecule has 92 valence electrons. The Kier molecular flexibility index (Phi) is 2.16. The van der Waals surface area contributed by atoms with Gasteiger partial charge in [0, 0.05) is 18.3 Å². The molecule has 1 aromatic heterocycles. The predicted octanol–water partition coefficient (Wildman–Crippen LogP) is 1.74. The van der Waals surface area contributed by atoms with E-state index in [0.717, 1.165) is 22.4 Å². The van der Waals surface area contributed by atoms with Crippen molar-refractivity contribution in [2.24, 2.45) is 0 Å². The van der Waals surface area contributed by atoms with Crippen molar-refractivity contribution < 1.29 is 4.79 Å². The van der Waals surface area contributed by atoms with Crippen molar-refractivity contribution in [1.29, 1.82) is 0 Å². The van der Waals surface area contributed by atoms with Gasteiger partial charge in [-0.05, 0) is 30.2 Å². The Morgan fingerprint density at radius 3 is 2.89 bits per heavy atom. The number of hydrogen-bond acceptors (Lipinski definition) is 3. The molecule has 0 fully saturated rings. The van der Waals surface area contributed by atoms with E-state index in [1.165, 1.54) is 0 Å². The Hall–Kier alpha value is -2.30. The van der Waals surface area contributed by atoms with Crippen molar-refractivity contribution in [3.8, 4) is 11.1 Å². The molecule has 1 aromatic carbocycles. The van der Waals surface area contributed by atoms with Crippen LogP contribution in [0, 0.1) is 0 Å². The number of amides is 1. The largest absolute Gasteiger partial charge is 0.384 e. The van der Waals surface area contributed by atoms with Gasteiger partial charge in [-0.15, -0.1) is 0 Å². The van der Waals surface area contributed by atoms with E-state index in [9.17, 15) is 4.79 Å². The van der Waals surface area contributed by atoms with Gasteiger partial charge in [0.15, 0.2) is 0 Å². The van der Waals surface area contributed by atoms with Crippen LogP contribution in [0.3, 0.4) is 0 Å². The number of likely N-dealkylation sites (N-methyl/N-ethyl adjacent to an activating group) is 1. The highest BCUT2D eigenvalue weighted by molar-refractivity contribution is 6.04. The Labute approximate surface area is 105 Å². The molecule has 0 spiro atoms. The van der Waals surface area contributed by atoms with Gasteiger partial charge in [-0.3, -0.25) is 9.89 Å². The van der Waals surface area contributed by atoms with Crippen molar-refractivity contribution in [2.75, 3.05) is 17.7 Å². The fourth-order valence-corrected chi connectivity index (χ4v) is 2.44. The van der Waals surface area contributed by atoms with Crippen molar-refractivity contribution in [3.05, 3.63) is 30.0 Å². The molecule has 0 bridgehead atoms. The van der Waals surface area contributed by atoms with Crippen LogP contribution in [0.4, 0.5) is 11.5 Å². The third-order valence-electron chi connectivity index (χ3n) is 3.54. The summed E-state index contributed by atoms with van der Waals surface area (Å²) in [5.41, 5.74) is 9.67. The molecule has 0 aliphatic carbocycles. The summed E-state index contributed by atoms with van der Waals surface area (Å²) in [5, 5.41) is 6.63. The van der Waals surface area contributed by atoms with Crippen LogP contribution in [0.5, 0.6) is 0 Å². The van der Waals surface area contributed by atoms with Gasteiger partial charge in [0.05, 0.1) is 12.1 Å². The van der Waals surface area contributed by atoms with Gasteiger partial charge >= 0.3 is 0 Å². The topological polar surface area (TPSA) is 75.0 Å². The molecule has 3 rings (SSSR count). The summed E-state index contributed by atoms with van der Waals surface area (Å²) in [6.45, 7) is 1.92. The first-order valence-electron chi connectivity index (χ1n) is 5.80. The summed E-state index contributed by atoms with van der Waals surface area (Å²) in [6, 6.07) is 5.93. The number of aromatic nitrogens is 2. The Morgan fingerprint density at radius 1 is 1.44 bits per heavy atom. The zero-order valence-electron chi connectivity index (χ0n) is 10.3. The number of benzene rings is 1. The van der Waals surface area contributed by atoms with Gasteiger partial charge in [-0.25, -0.2) is 0 Å². The third-order valence-corrected chi connectivity index (χ3v) is 3.54. The summed E-state index contributed by atoms with van der Waals surface area (Å²) in [7, 11) is 1.80. The maximum Gasteiger partial charge on any atom is 0.234 e. The average Bonchev–Trinajstić information content (AvgIpc) is 2.89. The van der Waals surface area contributed by atoms with Crippen molar-refractivity contribution in [3.63, 3.8) is 0 Å². The van der Waals surface area contributed by atoms with Gasteiger partial charge in [0.1, 0.15) is 5.82 Å². The van der Waals surface area contributed by atoms with Crippen LogP contribution in [0.1, 0.15) is 18.4 Å². The van der Waals surface area contributed by atoms with Crippen LogP contribution in [0.25, 0.3) is 11.1 Å². The smallest absolute Gasteiger partial charge is 0.234 e. The number of rotatable bonds is 1. The highest BCUT2D eigenvalue weighted by Gasteiger charge is 2.31. The molecule has 0 radical (unpaired) electrons. The highest BCUT2D eigenvalue weighted by Crippen LogP contribution is 2.39. The minimum Gasteiger partial charge on any atom is -0.384 e. The molecule has 3 N–H and O–H groups in total. The molecule has 5 nitrogen and oxygen atoms in total. The van der Waals surface area contributed by atoms with Crippen LogP contribution in [-0.2, 0) is 4.79 Å². The maximum atomic E-state index is 11.9. The van der Waals surface area contributed by atoms with Crippen molar-refractivity contribution >= 4 is 17.4 Å². The molecule has 1 aliphatic rings. The van der Waals surface area contributed by atoms with Gasteiger partial charge in [0.2, 0.25) is 5.91 Å². The lowest BCUT2D eigenvalue weighted by molar-refractivity contribution is -0.118. The van der Waals surface area contributed by atoms with Crippen molar-refractivity contribution in [1.82, 2.24) is 10.2 Å². The monoisotopic (exact) mass is 242 g/mol. The number of nitrogens with two attached hydrogens (primary N) is 1. The summed E-state index contributed by atoms with van der Waals surface area (Å²) < 4.78 is 0. The van der Waals surface area contributed by atoms with Gasteiger partial charge in [-0.1, -0.05) is 6.07 Å². The molecule has 5 heteroatoms. The van der Waals surface area contributed by atoms with E-state index in [4.69, 9.17) is 5.73 Å². The summed E-state index contributed by atoms with van der Waals surface area (Å²) in [5.74, 6) is 0.570. The van der Waals surface area contributed by atoms with E-state index in [-0.39, 0.29) is 11.8 Å². The number of anilines is 2. The zero-order valence-corrected chi connectivity index (χ0v) is 10.3. The second-order valence-corrected chi connectivity index (χ2v) is 4.59. The third kappa shape index (κ3) is 1.33. The van der Waals surface area contributed by atoms with Crippen LogP contribution in [0.15, 0.2) is 24.4 Å². The summed E-state index contributed by atoms with van der Waals surface area (Å²) >= 11 is 0. The normalized spacial score (nSPS) is 18.2. The van der Waals surface area contributed by atoms with E-state index < -0.39 is 0 Å². The minimum absolute atomic E-state index is 0.0990. The molecule has 2 aromatic rings. The van der Waals surface area contributed by atoms with Crippen LogP contribution < -0.4 is 10.6 Å². The molecule has 1 atom stereocenters. The average molecular weight is 242 g/mol. The molecular weight excluding hydrogens is 228 g/mol. The van der Waals surface area contributed by atoms with E-state index in [2.05, 4.69) is 10.2 Å². The van der Waals surface area contributed by atoms with E-state index in [1.54, 1.807) is 18.1 Å². The van der Waals surface area contributed by atoms with Crippen LogP contribution >= 0.6 is 0 Å². The Balaban J connectivity index is 2.14. The first kappa shape index (κ1) is 10.8. The number of nitrogens with zero attached hydrogens (tertiary/aromatic N) is 2. The molecular formula is C13H14N4O. The number of fused-ring (bicyclic) bond motifs is 1. The number of hydrogen-bond donors (Lipinski definition) is 2. The number of nitrogen functional groups attached to an aromatic ring is 1. The fourth-order valence-electron chi connectivity index (χ4n) is 2.44. The summed E-state index contributed by atoms with van der Waals surface area (Å²) in [4.78, 5) is 13.6. The second-order valence-electron chi connectivity index (χ2n) is 4.59. The Morgan fingerprint density at radius 2 is 2.22 bits per heavy atom. The van der Waals surface area contributed by atoms with E-state index >= 15 is 0 Å². The molecule has 1 amide bonds. The van der Waals surface area contributed by atoms with E-state index in [1.807, 2.05) is 25.1 Å².